The van der Waals surface area contributed by atoms with E-state index in [1.165, 1.54) is 0 Å². The molecule has 0 spiro atoms. The molecule has 5 nitrogen and oxygen atoms in total. The molecule has 1 aromatic carbocycles. The van der Waals surface area contributed by atoms with Crippen molar-refractivity contribution in [2.24, 2.45) is 0 Å². The van der Waals surface area contributed by atoms with Crippen LogP contribution in [-0.4, -0.2) is 27.4 Å². The maximum absolute atomic E-state index is 10.9. The molecule has 0 unspecified atom stereocenters. The smallest absolute Gasteiger partial charge is 0.335 e. The molecule has 1 heterocycles. The van der Waals surface area contributed by atoms with Gasteiger partial charge in [-0.3, -0.25) is 4.68 Å². The van der Waals surface area contributed by atoms with Gasteiger partial charge in [-0.15, -0.1) is 0 Å². The number of nitrogens with zero attached hydrogens (tertiary/aromatic N) is 2. The van der Waals surface area contributed by atoms with Gasteiger partial charge in [-0.25, -0.2) is 4.79 Å². The first-order valence-electron chi connectivity index (χ1n) is 5.90. The summed E-state index contributed by atoms with van der Waals surface area (Å²) >= 11 is 3.30. The summed E-state index contributed by atoms with van der Waals surface area (Å²) in [6.07, 6.45) is 4.58. The molecule has 1 aromatic heterocycles. The lowest BCUT2D eigenvalue weighted by Crippen LogP contribution is -2.07. The summed E-state index contributed by atoms with van der Waals surface area (Å²) < 4.78 is 2.62. The fraction of sp³-hybridized carbons (Fsp3) is 0.231. The van der Waals surface area contributed by atoms with Crippen molar-refractivity contribution in [3.8, 4) is 0 Å². The lowest BCUT2D eigenvalue weighted by atomic mass is 10.2. The number of aryl methyl sites for hydroxylation is 1. The molecule has 6 heteroatoms. The van der Waals surface area contributed by atoms with Gasteiger partial charge in [-0.2, -0.15) is 5.10 Å². The van der Waals surface area contributed by atoms with Crippen molar-refractivity contribution in [3.05, 3.63) is 46.7 Å². The third kappa shape index (κ3) is 4.10. The molecule has 0 saturated carbocycles. The minimum Gasteiger partial charge on any atom is -0.478 e. The largest absolute Gasteiger partial charge is 0.478 e. The van der Waals surface area contributed by atoms with E-state index in [1.807, 2.05) is 23.0 Å². The van der Waals surface area contributed by atoms with E-state index in [9.17, 15) is 4.79 Å². The Morgan fingerprint density at radius 3 is 2.95 bits per heavy atom. The number of aromatic carboxylic acids is 1. The molecule has 0 aliphatic carbocycles. The van der Waals surface area contributed by atoms with E-state index >= 15 is 0 Å². The second kappa shape index (κ2) is 6.38. The van der Waals surface area contributed by atoms with Crippen molar-refractivity contribution in [2.75, 3.05) is 11.9 Å². The molecule has 2 N–H and O–H groups in total. The summed E-state index contributed by atoms with van der Waals surface area (Å²) in [7, 11) is 0. The molecule has 0 bridgehead atoms. The lowest BCUT2D eigenvalue weighted by molar-refractivity contribution is 0.0697. The van der Waals surface area contributed by atoms with Crippen LogP contribution in [0.3, 0.4) is 0 Å². The van der Waals surface area contributed by atoms with Gasteiger partial charge in [0.1, 0.15) is 0 Å². The van der Waals surface area contributed by atoms with Crippen LogP contribution in [0.2, 0.25) is 0 Å². The van der Waals surface area contributed by atoms with Crippen LogP contribution in [0.1, 0.15) is 16.8 Å². The fourth-order valence-corrected chi connectivity index (χ4v) is 2.21. The molecular weight excluding hydrogens is 310 g/mol. The van der Waals surface area contributed by atoms with E-state index in [0.717, 1.165) is 29.7 Å². The molecule has 2 aromatic rings. The normalized spacial score (nSPS) is 10.4. The number of anilines is 1. The van der Waals surface area contributed by atoms with Gasteiger partial charge in [0.2, 0.25) is 0 Å². The van der Waals surface area contributed by atoms with Crippen molar-refractivity contribution in [2.45, 2.75) is 13.0 Å². The van der Waals surface area contributed by atoms with Crippen LogP contribution in [0.4, 0.5) is 5.69 Å². The van der Waals surface area contributed by atoms with Crippen molar-refractivity contribution in [1.29, 1.82) is 0 Å². The maximum Gasteiger partial charge on any atom is 0.335 e. The zero-order chi connectivity index (χ0) is 13.7. The molecule has 19 heavy (non-hydrogen) atoms. The molecule has 0 fully saturated rings. The Hall–Kier alpha value is -1.82. The number of carbonyl (C=O) groups is 1. The van der Waals surface area contributed by atoms with Crippen LogP contribution < -0.4 is 5.32 Å². The van der Waals surface area contributed by atoms with Crippen LogP contribution in [0.15, 0.2) is 41.1 Å². The van der Waals surface area contributed by atoms with Crippen LogP contribution in [0, 0.1) is 0 Å². The molecule has 0 aliphatic heterocycles. The van der Waals surface area contributed by atoms with E-state index in [2.05, 4.69) is 26.3 Å². The fourth-order valence-electron chi connectivity index (χ4n) is 1.72. The van der Waals surface area contributed by atoms with E-state index in [1.54, 1.807) is 18.3 Å². The zero-order valence-corrected chi connectivity index (χ0v) is 11.8. The van der Waals surface area contributed by atoms with Crippen molar-refractivity contribution in [3.63, 3.8) is 0 Å². The first kappa shape index (κ1) is 13.6. The lowest BCUT2D eigenvalue weighted by Gasteiger charge is -2.08. The van der Waals surface area contributed by atoms with Gasteiger partial charge in [0, 0.05) is 35.6 Å². The van der Waals surface area contributed by atoms with Gasteiger partial charge in [-0.1, -0.05) is 15.9 Å². The van der Waals surface area contributed by atoms with Gasteiger partial charge in [-0.05, 0) is 30.7 Å². The maximum atomic E-state index is 10.9. The van der Waals surface area contributed by atoms with E-state index in [4.69, 9.17) is 5.11 Å². The molecule has 0 aliphatic rings. The quantitative estimate of drug-likeness (QED) is 0.802. The monoisotopic (exact) mass is 323 g/mol. The molecule has 0 radical (unpaired) electrons. The Kier molecular flexibility index (Phi) is 4.57. The third-order valence-electron chi connectivity index (χ3n) is 2.60. The molecule has 0 amide bonds. The Balaban J connectivity index is 1.87. The van der Waals surface area contributed by atoms with Crippen LogP contribution in [0.5, 0.6) is 0 Å². The van der Waals surface area contributed by atoms with Crippen molar-refractivity contribution >= 4 is 27.6 Å². The van der Waals surface area contributed by atoms with E-state index in [-0.39, 0.29) is 5.56 Å². The highest BCUT2D eigenvalue weighted by molar-refractivity contribution is 9.10. The molecule has 100 valence electrons. The van der Waals surface area contributed by atoms with Crippen LogP contribution in [-0.2, 0) is 6.54 Å². The number of nitrogens with one attached hydrogen (secondary N) is 1. The van der Waals surface area contributed by atoms with Gasteiger partial charge >= 0.3 is 5.97 Å². The SMILES string of the molecule is O=C(O)c1cc(Br)cc(NCCCn2cccn2)c1. The van der Waals surface area contributed by atoms with E-state index < -0.39 is 5.97 Å². The Bertz CT molecular complexity index is 555. The standard InChI is InChI=1S/C13H14BrN3O2/c14-11-7-10(13(18)19)8-12(9-11)15-3-1-5-17-6-2-4-16-17/h2,4,6-9,15H,1,3,5H2,(H,18,19). The first-order chi connectivity index (χ1) is 9.15. The summed E-state index contributed by atoms with van der Waals surface area (Å²) in [6.45, 7) is 1.59. The number of benzene rings is 1. The van der Waals surface area contributed by atoms with Gasteiger partial charge in [0.15, 0.2) is 0 Å². The number of hydrogen-bond donors (Lipinski definition) is 2. The number of rotatable bonds is 6. The predicted octanol–water partition coefficient (Wildman–Crippen LogP) is 2.85. The second-order valence-electron chi connectivity index (χ2n) is 4.08. The molecule has 2 rings (SSSR count). The first-order valence-corrected chi connectivity index (χ1v) is 6.69. The molecule has 0 atom stereocenters. The summed E-state index contributed by atoms with van der Waals surface area (Å²) in [5, 5.41) is 16.3. The minimum absolute atomic E-state index is 0.268. The zero-order valence-electron chi connectivity index (χ0n) is 10.2. The molecular formula is C13H14BrN3O2. The average molecular weight is 324 g/mol. The highest BCUT2D eigenvalue weighted by Gasteiger charge is 2.05. The van der Waals surface area contributed by atoms with Gasteiger partial charge < -0.3 is 10.4 Å². The van der Waals surface area contributed by atoms with Crippen LogP contribution in [0.25, 0.3) is 0 Å². The summed E-state index contributed by atoms with van der Waals surface area (Å²) in [5.74, 6) is -0.930. The number of hydrogen-bond acceptors (Lipinski definition) is 3. The summed E-state index contributed by atoms with van der Waals surface area (Å²) in [4.78, 5) is 10.9. The summed E-state index contributed by atoms with van der Waals surface area (Å²) in [5.41, 5.74) is 1.07. The van der Waals surface area contributed by atoms with Crippen LogP contribution >= 0.6 is 15.9 Å². The molecule has 0 saturated heterocycles. The second-order valence-corrected chi connectivity index (χ2v) is 5.00. The minimum atomic E-state index is -0.930. The Morgan fingerprint density at radius 1 is 1.42 bits per heavy atom. The van der Waals surface area contributed by atoms with Crippen molar-refractivity contribution < 1.29 is 9.90 Å². The van der Waals surface area contributed by atoms with Crippen molar-refractivity contribution in [1.82, 2.24) is 9.78 Å². The predicted molar refractivity (Wildman–Crippen MR) is 76.4 cm³/mol. The topological polar surface area (TPSA) is 67.2 Å². The van der Waals surface area contributed by atoms with E-state index in [0.29, 0.717) is 0 Å². The number of carboxylic acid groups (broad SMARTS) is 1. The Morgan fingerprint density at radius 2 is 2.26 bits per heavy atom. The van der Waals surface area contributed by atoms with Gasteiger partial charge in [0.25, 0.3) is 0 Å². The highest BCUT2D eigenvalue weighted by atomic mass is 79.9. The average Bonchev–Trinajstić information content (AvgIpc) is 2.87. The van der Waals surface area contributed by atoms with Gasteiger partial charge in [0.05, 0.1) is 5.56 Å². The third-order valence-corrected chi connectivity index (χ3v) is 3.05. The highest BCUT2D eigenvalue weighted by Crippen LogP contribution is 2.19. The number of carboxylic acids is 1. The number of halogens is 1. The summed E-state index contributed by atoms with van der Waals surface area (Å²) in [6, 6.07) is 6.96. The Labute approximate surface area is 119 Å². The number of aromatic nitrogens is 2.